The van der Waals surface area contributed by atoms with E-state index in [9.17, 15) is 18.0 Å². The van der Waals surface area contributed by atoms with Crippen LogP contribution in [0.2, 0.25) is 0 Å². The third-order valence-electron chi connectivity index (χ3n) is 6.92. The molecular weight excluding hydrogens is 407 g/mol. The van der Waals surface area contributed by atoms with Gasteiger partial charge in [-0.15, -0.1) is 0 Å². The van der Waals surface area contributed by atoms with Crippen molar-refractivity contribution in [2.24, 2.45) is 23.2 Å². The number of ether oxygens (including phenoxy) is 2. The zero-order valence-electron chi connectivity index (χ0n) is 17.1. The molecule has 1 N–H and O–H groups in total. The fourth-order valence-corrected chi connectivity index (χ4v) is 6.22. The van der Waals surface area contributed by atoms with Crippen molar-refractivity contribution in [2.75, 3.05) is 12.4 Å². The summed E-state index contributed by atoms with van der Waals surface area (Å²) in [6.45, 7) is -0.477. The van der Waals surface area contributed by atoms with Crippen LogP contribution in [0.1, 0.15) is 54.4 Å². The van der Waals surface area contributed by atoms with Gasteiger partial charge < -0.3 is 9.47 Å². The van der Waals surface area contributed by atoms with E-state index in [0.717, 1.165) is 24.8 Å². The van der Waals surface area contributed by atoms with Crippen LogP contribution < -0.4 is 4.74 Å². The van der Waals surface area contributed by atoms with Gasteiger partial charge >= 0.3 is 11.9 Å². The molecule has 5 rings (SSSR count). The predicted octanol–water partition coefficient (Wildman–Crippen LogP) is 1.99. The van der Waals surface area contributed by atoms with E-state index in [4.69, 9.17) is 14.0 Å². The number of hydrogen-bond acceptors (Lipinski definition) is 6. The minimum Gasteiger partial charge on any atom is -0.461 e. The Kier molecular flexibility index (Phi) is 5.70. The lowest BCUT2D eigenvalue weighted by molar-refractivity contribution is -0.161. The first kappa shape index (κ1) is 21.4. The second kappa shape index (κ2) is 8.00. The van der Waals surface area contributed by atoms with Crippen molar-refractivity contribution >= 4 is 29.9 Å². The summed E-state index contributed by atoms with van der Waals surface area (Å²) in [5, 5.41) is 0. The predicted molar refractivity (Wildman–Crippen MR) is 112 cm³/mol. The van der Waals surface area contributed by atoms with Crippen LogP contribution in [0, 0.1) is 23.2 Å². The van der Waals surface area contributed by atoms with Gasteiger partial charge in [-0.05, 0) is 68.4 Å². The lowest BCUT2D eigenvalue weighted by Gasteiger charge is -2.55. The maximum absolute atomic E-state index is 13.3. The molecule has 4 bridgehead atoms. The molecule has 0 spiro atoms. The Bertz CT molecular complexity index is 921. The monoisotopic (exact) mass is 434 g/mol. The van der Waals surface area contributed by atoms with Gasteiger partial charge in [-0.2, -0.15) is 8.42 Å². The average molecular weight is 434 g/mol. The minimum absolute atomic E-state index is 0.0839. The zero-order chi connectivity index (χ0) is 21.5. The van der Waals surface area contributed by atoms with Gasteiger partial charge in [0.05, 0.1) is 5.41 Å². The van der Waals surface area contributed by atoms with Crippen LogP contribution in [0.5, 0.6) is 5.75 Å². The van der Waals surface area contributed by atoms with Crippen molar-refractivity contribution in [1.82, 2.24) is 0 Å². The van der Waals surface area contributed by atoms with Crippen LogP contribution in [-0.4, -0.2) is 45.1 Å². The van der Waals surface area contributed by atoms with Crippen LogP contribution in [-0.2, 0) is 26.0 Å². The molecule has 4 fully saturated rings. The molecule has 162 valence electrons. The number of esters is 2. The van der Waals surface area contributed by atoms with Crippen LogP contribution >= 0.6 is 0 Å². The zero-order valence-corrected chi connectivity index (χ0v) is 17.9. The van der Waals surface area contributed by atoms with E-state index in [1.165, 1.54) is 25.3 Å². The van der Waals surface area contributed by atoms with Crippen LogP contribution in [0.4, 0.5) is 0 Å². The van der Waals surface area contributed by atoms with Crippen molar-refractivity contribution in [2.45, 2.75) is 44.8 Å². The Morgan fingerprint density at radius 2 is 1.70 bits per heavy atom. The molecule has 9 heteroatoms. The highest BCUT2D eigenvalue weighted by Gasteiger charge is 2.55. The molecule has 1 aromatic rings. The van der Waals surface area contributed by atoms with Crippen molar-refractivity contribution < 1.29 is 32.0 Å². The van der Waals surface area contributed by atoms with Gasteiger partial charge in [-0.1, -0.05) is 17.9 Å². The molecule has 4 saturated carbocycles. The highest BCUT2D eigenvalue weighted by atomic mass is 32.2. The molecule has 7 nitrogen and oxygen atoms in total. The number of rotatable bonds is 7. The number of carbonyl (C=O) groups is 2. The van der Waals surface area contributed by atoms with Gasteiger partial charge in [0.1, 0.15) is 31.5 Å². The van der Waals surface area contributed by atoms with E-state index in [0.29, 0.717) is 24.1 Å². The first-order chi connectivity index (χ1) is 14.2. The van der Waals surface area contributed by atoms with E-state index in [1.54, 1.807) is 12.1 Å². The van der Waals surface area contributed by atoms with Gasteiger partial charge in [-0.25, -0.2) is 4.79 Å². The summed E-state index contributed by atoms with van der Waals surface area (Å²) in [6.07, 6.45) is 6.92. The maximum Gasteiger partial charge on any atom is 0.341 e. The molecule has 0 atom stereocenters. The van der Waals surface area contributed by atoms with Crippen LogP contribution in [0.15, 0.2) is 18.2 Å². The third kappa shape index (κ3) is 4.42. The topological polar surface area (TPSA) is 107 Å². The standard InChI is InChI=1S/C21H27BO7S/c22-12-13-1-2-17(19(23)28-3-4-30(25,26)27)18(8-13)29-20(24)21-9-14-5-15(10-21)7-16(6-14)11-21/h1-2,8,14-16H,3-7,9-12,22H2,(H,25,26,27). The second-order valence-corrected chi connectivity index (χ2v) is 10.8. The Morgan fingerprint density at radius 3 is 2.23 bits per heavy atom. The first-order valence-electron chi connectivity index (χ1n) is 10.6. The highest BCUT2D eigenvalue weighted by Crippen LogP contribution is 2.60. The lowest BCUT2D eigenvalue weighted by atomic mass is 9.49. The molecule has 0 heterocycles. The van der Waals surface area contributed by atoms with Crippen molar-refractivity contribution in [3.8, 4) is 5.75 Å². The van der Waals surface area contributed by atoms with E-state index < -0.39 is 33.9 Å². The molecule has 0 radical (unpaired) electrons. The molecule has 0 unspecified atom stereocenters. The van der Waals surface area contributed by atoms with Crippen molar-refractivity contribution in [3.05, 3.63) is 29.3 Å². The molecule has 30 heavy (non-hydrogen) atoms. The van der Waals surface area contributed by atoms with Gasteiger partial charge in [0.15, 0.2) is 0 Å². The quantitative estimate of drug-likeness (QED) is 0.303. The molecule has 0 amide bonds. The number of benzene rings is 1. The largest absolute Gasteiger partial charge is 0.461 e. The minimum atomic E-state index is -4.23. The SMILES string of the molecule is BCc1ccc(C(=O)OCCS(=O)(=O)O)c(OC(=O)C23CC4CC(CC(C4)C2)C3)c1. The van der Waals surface area contributed by atoms with E-state index in [2.05, 4.69) is 0 Å². The summed E-state index contributed by atoms with van der Waals surface area (Å²) in [7, 11) is -2.27. The van der Waals surface area contributed by atoms with Gasteiger partial charge in [0, 0.05) is 0 Å². The fourth-order valence-electron chi connectivity index (χ4n) is 5.93. The summed E-state index contributed by atoms with van der Waals surface area (Å²) in [5.74, 6) is 0.207. The maximum atomic E-state index is 13.3. The van der Waals surface area contributed by atoms with E-state index >= 15 is 0 Å². The normalized spacial score (nSPS) is 29.6. The number of carbonyl (C=O) groups excluding carboxylic acids is 2. The Balaban J connectivity index is 1.53. The summed E-state index contributed by atoms with van der Waals surface area (Å²) in [6, 6.07) is 4.97. The first-order valence-corrected chi connectivity index (χ1v) is 12.3. The Labute approximate surface area is 177 Å². The summed E-state index contributed by atoms with van der Waals surface area (Å²) in [4.78, 5) is 25.8. The van der Waals surface area contributed by atoms with Crippen molar-refractivity contribution in [3.63, 3.8) is 0 Å². The second-order valence-electron chi connectivity index (χ2n) is 9.19. The van der Waals surface area contributed by atoms with E-state index in [-0.39, 0.29) is 17.3 Å². The number of hydrogen-bond donors (Lipinski definition) is 1. The molecule has 4 aliphatic rings. The van der Waals surface area contributed by atoms with Crippen molar-refractivity contribution in [1.29, 1.82) is 0 Å². The average Bonchev–Trinajstić information content (AvgIpc) is 2.65. The smallest absolute Gasteiger partial charge is 0.341 e. The van der Waals surface area contributed by atoms with Crippen LogP contribution in [0.3, 0.4) is 0 Å². The molecule has 4 aliphatic carbocycles. The van der Waals surface area contributed by atoms with E-state index in [1.807, 2.05) is 7.85 Å². The molecule has 0 aromatic heterocycles. The third-order valence-corrected chi connectivity index (χ3v) is 7.61. The van der Waals surface area contributed by atoms with Gasteiger partial charge in [0.25, 0.3) is 10.1 Å². The van der Waals surface area contributed by atoms with Crippen LogP contribution in [0.25, 0.3) is 0 Å². The molecule has 0 aliphatic heterocycles. The fraction of sp³-hybridized carbons (Fsp3) is 0.619. The van der Waals surface area contributed by atoms with Gasteiger partial charge in [0.2, 0.25) is 0 Å². The Hall–Kier alpha value is -1.87. The molecular formula is C21H27BO7S. The molecule has 1 aromatic carbocycles. The molecule has 0 saturated heterocycles. The summed E-state index contributed by atoms with van der Waals surface area (Å²) in [5.41, 5.74) is 0.543. The lowest BCUT2D eigenvalue weighted by Crippen LogP contribution is -2.51. The highest BCUT2D eigenvalue weighted by molar-refractivity contribution is 7.85. The van der Waals surface area contributed by atoms with Gasteiger partial charge in [-0.3, -0.25) is 9.35 Å². The Morgan fingerprint density at radius 1 is 1.10 bits per heavy atom. The summed E-state index contributed by atoms with van der Waals surface area (Å²) < 4.78 is 41.3. The summed E-state index contributed by atoms with van der Waals surface area (Å²) >= 11 is 0.